The van der Waals surface area contributed by atoms with E-state index in [1.807, 2.05) is 30.6 Å². The Hall–Kier alpha value is -2.18. The Kier molecular flexibility index (Phi) is 5.83. The van der Waals surface area contributed by atoms with Crippen LogP contribution in [-0.2, 0) is 16.1 Å². The van der Waals surface area contributed by atoms with E-state index in [0.29, 0.717) is 25.6 Å². The Labute approximate surface area is 148 Å². The third kappa shape index (κ3) is 4.90. The van der Waals surface area contributed by atoms with Crippen molar-refractivity contribution in [1.82, 2.24) is 14.9 Å². The molecule has 2 N–H and O–H groups in total. The van der Waals surface area contributed by atoms with E-state index >= 15 is 0 Å². The Morgan fingerprint density at radius 1 is 1.48 bits per heavy atom. The molecule has 1 unspecified atom stereocenters. The topological polar surface area (TPSA) is 68.2 Å². The highest BCUT2D eigenvalue weighted by molar-refractivity contribution is 5.91. The first-order valence-electron chi connectivity index (χ1n) is 8.83. The molecule has 2 heterocycles. The van der Waals surface area contributed by atoms with Gasteiger partial charge in [0.1, 0.15) is 5.82 Å². The number of anilines is 1. The fraction of sp³-hybridized carbons (Fsp3) is 0.474. The second kappa shape index (κ2) is 8.27. The number of rotatable bonds is 6. The second-order valence-electron chi connectivity index (χ2n) is 6.75. The van der Waals surface area contributed by atoms with Gasteiger partial charge in [0.25, 0.3) is 0 Å². The first kappa shape index (κ1) is 17.6. The number of imidazole rings is 1. The predicted molar refractivity (Wildman–Crippen MR) is 97.7 cm³/mol. The third-order valence-corrected chi connectivity index (χ3v) is 4.26. The smallest absolute Gasteiger partial charge is 0.226 e. The molecule has 0 aliphatic carbocycles. The van der Waals surface area contributed by atoms with Crippen LogP contribution in [0.1, 0.15) is 37.6 Å². The summed E-state index contributed by atoms with van der Waals surface area (Å²) in [5.41, 5.74) is 1.96. The molecule has 0 radical (unpaired) electrons. The number of ether oxygens (including phenoxy) is 1. The van der Waals surface area contributed by atoms with E-state index in [1.54, 1.807) is 0 Å². The van der Waals surface area contributed by atoms with Crippen molar-refractivity contribution in [2.75, 3.05) is 25.1 Å². The minimum atomic E-state index is 0.00523. The molecular weight excluding hydrogens is 316 g/mol. The maximum absolute atomic E-state index is 12.2. The van der Waals surface area contributed by atoms with Crippen molar-refractivity contribution in [2.24, 2.45) is 0 Å². The summed E-state index contributed by atoms with van der Waals surface area (Å²) in [6.45, 7) is 7.13. The summed E-state index contributed by atoms with van der Waals surface area (Å²) in [6.07, 6.45) is 4.25. The Morgan fingerprint density at radius 2 is 2.36 bits per heavy atom. The van der Waals surface area contributed by atoms with Gasteiger partial charge in [0.2, 0.25) is 5.91 Å². The number of nitrogens with zero attached hydrogens (tertiary/aromatic N) is 2. The maximum Gasteiger partial charge on any atom is 0.226 e. The SMILES string of the molecule is CC(C)c1nccn1Cc1cccc(NC(=O)CC2COCCN2)c1. The zero-order valence-corrected chi connectivity index (χ0v) is 14.9. The summed E-state index contributed by atoms with van der Waals surface area (Å²) in [5, 5.41) is 6.28. The van der Waals surface area contributed by atoms with Crippen molar-refractivity contribution in [3.05, 3.63) is 48.0 Å². The number of hydrogen-bond acceptors (Lipinski definition) is 4. The minimum absolute atomic E-state index is 0.00523. The van der Waals surface area contributed by atoms with Crippen LogP contribution in [0.2, 0.25) is 0 Å². The van der Waals surface area contributed by atoms with Crippen molar-refractivity contribution in [2.45, 2.75) is 38.8 Å². The molecule has 1 saturated heterocycles. The maximum atomic E-state index is 12.2. The van der Waals surface area contributed by atoms with E-state index in [-0.39, 0.29) is 11.9 Å². The van der Waals surface area contributed by atoms with Crippen LogP contribution in [0.3, 0.4) is 0 Å². The average Bonchev–Trinajstić information content (AvgIpc) is 3.04. The molecule has 6 heteroatoms. The lowest BCUT2D eigenvalue weighted by Crippen LogP contribution is -2.43. The van der Waals surface area contributed by atoms with Gasteiger partial charge in [-0.1, -0.05) is 26.0 Å². The molecule has 25 heavy (non-hydrogen) atoms. The Morgan fingerprint density at radius 3 is 3.12 bits per heavy atom. The summed E-state index contributed by atoms with van der Waals surface area (Å²) in [5.74, 6) is 1.45. The van der Waals surface area contributed by atoms with Crippen molar-refractivity contribution >= 4 is 11.6 Å². The zero-order valence-electron chi connectivity index (χ0n) is 14.9. The molecule has 1 aliphatic rings. The standard InChI is InChI=1S/C19H26N4O2/c1-14(2)19-21-6-8-23(19)12-15-4-3-5-16(10-15)22-18(24)11-17-13-25-9-7-20-17/h3-6,8,10,14,17,20H,7,9,11-13H2,1-2H3,(H,22,24). The number of hydrogen-bond donors (Lipinski definition) is 2. The number of nitrogens with one attached hydrogen (secondary N) is 2. The Bertz CT molecular complexity index is 705. The highest BCUT2D eigenvalue weighted by atomic mass is 16.5. The molecule has 0 saturated carbocycles. The third-order valence-electron chi connectivity index (χ3n) is 4.26. The number of aromatic nitrogens is 2. The molecule has 1 aromatic carbocycles. The number of morpholine rings is 1. The van der Waals surface area contributed by atoms with Gasteiger partial charge in [0, 0.05) is 49.6 Å². The Balaban J connectivity index is 1.61. The number of amides is 1. The molecule has 1 fully saturated rings. The van der Waals surface area contributed by atoms with E-state index < -0.39 is 0 Å². The fourth-order valence-electron chi connectivity index (χ4n) is 3.09. The molecule has 0 bridgehead atoms. The van der Waals surface area contributed by atoms with Crippen LogP contribution in [0.25, 0.3) is 0 Å². The number of benzene rings is 1. The van der Waals surface area contributed by atoms with Gasteiger partial charge < -0.3 is 19.9 Å². The van der Waals surface area contributed by atoms with Crippen molar-refractivity contribution in [1.29, 1.82) is 0 Å². The van der Waals surface area contributed by atoms with Gasteiger partial charge >= 0.3 is 0 Å². The zero-order chi connectivity index (χ0) is 17.6. The van der Waals surface area contributed by atoms with E-state index in [4.69, 9.17) is 4.74 Å². The van der Waals surface area contributed by atoms with E-state index in [9.17, 15) is 4.79 Å². The lowest BCUT2D eigenvalue weighted by Gasteiger charge is -2.23. The van der Waals surface area contributed by atoms with E-state index in [2.05, 4.69) is 40.1 Å². The van der Waals surface area contributed by atoms with Crippen LogP contribution in [0.4, 0.5) is 5.69 Å². The largest absolute Gasteiger partial charge is 0.378 e. The highest BCUT2D eigenvalue weighted by Gasteiger charge is 2.17. The summed E-state index contributed by atoms with van der Waals surface area (Å²) < 4.78 is 7.54. The van der Waals surface area contributed by atoms with Crippen LogP contribution in [-0.4, -0.2) is 41.3 Å². The van der Waals surface area contributed by atoms with E-state index in [1.165, 1.54) is 0 Å². The lowest BCUT2D eigenvalue weighted by atomic mass is 10.1. The molecular formula is C19H26N4O2. The normalized spacial score (nSPS) is 17.6. The lowest BCUT2D eigenvalue weighted by molar-refractivity contribution is -0.117. The number of carbonyl (C=O) groups excluding carboxylic acids is 1. The molecule has 1 aliphatic heterocycles. The summed E-state index contributed by atoms with van der Waals surface area (Å²) in [7, 11) is 0. The first-order valence-corrected chi connectivity index (χ1v) is 8.83. The summed E-state index contributed by atoms with van der Waals surface area (Å²) >= 11 is 0. The first-order chi connectivity index (χ1) is 12.1. The van der Waals surface area contributed by atoms with Gasteiger partial charge in [-0.3, -0.25) is 4.79 Å². The molecule has 1 aromatic heterocycles. The van der Waals surface area contributed by atoms with Gasteiger partial charge in [-0.15, -0.1) is 0 Å². The molecule has 1 atom stereocenters. The molecule has 3 rings (SSSR count). The van der Waals surface area contributed by atoms with Crippen LogP contribution >= 0.6 is 0 Å². The van der Waals surface area contributed by atoms with Gasteiger partial charge in [-0.05, 0) is 17.7 Å². The quantitative estimate of drug-likeness (QED) is 0.846. The van der Waals surface area contributed by atoms with Gasteiger partial charge in [-0.2, -0.15) is 0 Å². The average molecular weight is 342 g/mol. The second-order valence-corrected chi connectivity index (χ2v) is 6.75. The molecule has 0 spiro atoms. The fourth-order valence-corrected chi connectivity index (χ4v) is 3.09. The summed E-state index contributed by atoms with van der Waals surface area (Å²) in [4.78, 5) is 16.7. The summed E-state index contributed by atoms with van der Waals surface area (Å²) in [6, 6.07) is 8.07. The van der Waals surface area contributed by atoms with Crippen LogP contribution in [0.5, 0.6) is 0 Å². The van der Waals surface area contributed by atoms with Crippen molar-refractivity contribution in [3.63, 3.8) is 0 Å². The van der Waals surface area contributed by atoms with E-state index in [0.717, 1.165) is 30.2 Å². The van der Waals surface area contributed by atoms with Crippen LogP contribution < -0.4 is 10.6 Å². The van der Waals surface area contributed by atoms with Crippen LogP contribution in [0.15, 0.2) is 36.7 Å². The molecule has 134 valence electrons. The monoisotopic (exact) mass is 342 g/mol. The van der Waals surface area contributed by atoms with Crippen molar-refractivity contribution < 1.29 is 9.53 Å². The van der Waals surface area contributed by atoms with Gasteiger partial charge in [0.15, 0.2) is 0 Å². The van der Waals surface area contributed by atoms with Crippen molar-refractivity contribution in [3.8, 4) is 0 Å². The minimum Gasteiger partial charge on any atom is -0.378 e. The van der Waals surface area contributed by atoms with Gasteiger partial charge in [-0.25, -0.2) is 4.98 Å². The molecule has 1 amide bonds. The molecule has 6 nitrogen and oxygen atoms in total. The molecule has 2 aromatic rings. The van der Waals surface area contributed by atoms with Crippen LogP contribution in [0, 0.1) is 0 Å². The predicted octanol–water partition coefficient (Wildman–Crippen LogP) is 2.37. The highest BCUT2D eigenvalue weighted by Crippen LogP contribution is 2.16. The number of carbonyl (C=O) groups is 1. The van der Waals surface area contributed by atoms with Gasteiger partial charge in [0.05, 0.1) is 13.2 Å².